The van der Waals surface area contributed by atoms with Crippen molar-refractivity contribution in [3.05, 3.63) is 95.1 Å². The van der Waals surface area contributed by atoms with Gasteiger partial charge in [0.2, 0.25) is 5.91 Å². The number of aryl methyl sites for hydroxylation is 2. The summed E-state index contributed by atoms with van der Waals surface area (Å²) in [5, 5.41) is 3.89. The number of para-hydroxylation sites is 2. The van der Waals surface area contributed by atoms with Crippen LogP contribution in [0.3, 0.4) is 0 Å². The Kier molecular flexibility index (Phi) is 6.63. The number of fused-ring (bicyclic) bond motifs is 1. The minimum atomic E-state index is -0.000341. The number of thioether (sulfide) groups is 1. The molecule has 1 N–H and O–H groups in total. The standard InChI is InChI=1S/C26H25N3OS/c1-18-7-11-20(12-8-18)16-27-25(30)17-31-26-15-24(21-13-9-19(2)10-14-21)28-22-5-3-4-6-23(22)29-26/h3-14H,15-17H2,1-2H3,(H,27,30). The van der Waals surface area contributed by atoms with Gasteiger partial charge in [0, 0.05) is 13.0 Å². The summed E-state index contributed by atoms with van der Waals surface area (Å²) in [7, 11) is 0. The maximum atomic E-state index is 12.4. The van der Waals surface area contributed by atoms with Gasteiger partial charge in [0.15, 0.2) is 0 Å². The molecule has 0 unspecified atom stereocenters. The van der Waals surface area contributed by atoms with Gasteiger partial charge in [0.25, 0.3) is 0 Å². The Bertz CT molecular complexity index is 1130. The van der Waals surface area contributed by atoms with Gasteiger partial charge in [-0.1, -0.05) is 71.8 Å². The van der Waals surface area contributed by atoms with E-state index in [0.717, 1.165) is 33.3 Å². The SMILES string of the molecule is Cc1ccc(CNC(=O)CSC2=Nc3ccccc3N=C(c3ccc(C)cc3)C2)cc1. The second kappa shape index (κ2) is 9.75. The Labute approximate surface area is 187 Å². The van der Waals surface area contributed by atoms with Gasteiger partial charge in [-0.2, -0.15) is 0 Å². The van der Waals surface area contributed by atoms with Crippen molar-refractivity contribution >= 4 is 39.8 Å². The highest BCUT2D eigenvalue weighted by Crippen LogP contribution is 2.33. The van der Waals surface area contributed by atoms with Crippen LogP contribution >= 0.6 is 11.8 Å². The molecule has 1 aliphatic heterocycles. The van der Waals surface area contributed by atoms with Crippen LogP contribution < -0.4 is 5.32 Å². The summed E-state index contributed by atoms with van der Waals surface area (Å²) in [6.45, 7) is 4.66. The zero-order valence-corrected chi connectivity index (χ0v) is 18.6. The third-order valence-electron chi connectivity index (χ3n) is 5.07. The molecule has 1 amide bonds. The fraction of sp³-hybridized carbons (Fsp3) is 0.192. The number of carbonyl (C=O) groups excluding carboxylic acids is 1. The van der Waals surface area contributed by atoms with Crippen LogP contribution in [0.25, 0.3) is 0 Å². The van der Waals surface area contributed by atoms with E-state index in [2.05, 4.69) is 55.6 Å². The van der Waals surface area contributed by atoms with Gasteiger partial charge in [0.05, 0.1) is 27.9 Å². The monoisotopic (exact) mass is 427 g/mol. The number of amides is 1. The largest absolute Gasteiger partial charge is 0.351 e. The second-order valence-corrected chi connectivity index (χ2v) is 8.70. The Morgan fingerprint density at radius 2 is 1.48 bits per heavy atom. The van der Waals surface area contributed by atoms with Gasteiger partial charge in [-0.15, -0.1) is 11.8 Å². The number of hydrogen-bond acceptors (Lipinski definition) is 4. The molecule has 0 fully saturated rings. The van der Waals surface area contributed by atoms with Crippen molar-refractivity contribution < 1.29 is 4.79 Å². The van der Waals surface area contributed by atoms with Crippen LogP contribution in [0, 0.1) is 13.8 Å². The molecule has 0 saturated heterocycles. The molecule has 0 aliphatic carbocycles. The molecule has 3 aromatic rings. The molecule has 156 valence electrons. The van der Waals surface area contributed by atoms with E-state index in [-0.39, 0.29) is 5.91 Å². The Morgan fingerprint density at radius 3 is 2.16 bits per heavy atom. The first kappa shape index (κ1) is 21.1. The average molecular weight is 428 g/mol. The van der Waals surface area contributed by atoms with Crippen molar-refractivity contribution in [2.75, 3.05) is 5.75 Å². The summed E-state index contributed by atoms with van der Waals surface area (Å²) in [4.78, 5) is 22.1. The van der Waals surface area contributed by atoms with Gasteiger partial charge < -0.3 is 5.32 Å². The third kappa shape index (κ3) is 5.70. The predicted molar refractivity (Wildman–Crippen MR) is 131 cm³/mol. The molecular formula is C26H25N3OS. The van der Waals surface area contributed by atoms with Crippen molar-refractivity contribution in [2.45, 2.75) is 26.8 Å². The molecule has 0 spiro atoms. The molecule has 5 heteroatoms. The lowest BCUT2D eigenvalue weighted by molar-refractivity contribution is -0.118. The Balaban J connectivity index is 1.45. The molecule has 0 aromatic heterocycles. The molecule has 4 rings (SSSR count). The second-order valence-electron chi connectivity index (χ2n) is 7.65. The topological polar surface area (TPSA) is 53.8 Å². The Morgan fingerprint density at radius 1 is 0.871 bits per heavy atom. The summed E-state index contributed by atoms with van der Waals surface area (Å²) < 4.78 is 0. The number of nitrogens with one attached hydrogen (secondary N) is 1. The van der Waals surface area contributed by atoms with Crippen LogP contribution in [0.4, 0.5) is 11.4 Å². The smallest absolute Gasteiger partial charge is 0.230 e. The molecule has 1 heterocycles. The lowest BCUT2D eigenvalue weighted by Crippen LogP contribution is -2.25. The molecule has 0 saturated carbocycles. The van der Waals surface area contributed by atoms with E-state index in [4.69, 9.17) is 9.98 Å². The average Bonchev–Trinajstić information content (AvgIpc) is 2.97. The highest BCUT2D eigenvalue weighted by molar-refractivity contribution is 8.14. The van der Waals surface area contributed by atoms with Crippen LogP contribution in [0.5, 0.6) is 0 Å². The molecule has 4 nitrogen and oxygen atoms in total. The van der Waals surface area contributed by atoms with Gasteiger partial charge in [0.1, 0.15) is 0 Å². The number of rotatable bonds is 5. The first-order valence-electron chi connectivity index (χ1n) is 10.3. The lowest BCUT2D eigenvalue weighted by atomic mass is 10.1. The van der Waals surface area contributed by atoms with E-state index in [9.17, 15) is 4.79 Å². The van der Waals surface area contributed by atoms with Gasteiger partial charge >= 0.3 is 0 Å². The first-order valence-corrected chi connectivity index (χ1v) is 11.3. The predicted octanol–water partition coefficient (Wildman–Crippen LogP) is 5.91. The molecule has 0 bridgehead atoms. The number of carbonyl (C=O) groups is 1. The maximum absolute atomic E-state index is 12.4. The van der Waals surface area contributed by atoms with Crippen molar-refractivity contribution in [3.63, 3.8) is 0 Å². The van der Waals surface area contributed by atoms with Crippen molar-refractivity contribution in [2.24, 2.45) is 9.98 Å². The number of benzene rings is 3. The fourth-order valence-corrected chi connectivity index (χ4v) is 4.06. The van der Waals surface area contributed by atoms with Crippen LogP contribution in [0.2, 0.25) is 0 Å². The molecular weight excluding hydrogens is 402 g/mol. The molecule has 0 radical (unpaired) electrons. The summed E-state index contributed by atoms with van der Waals surface area (Å²) >= 11 is 1.48. The van der Waals surface area contributed by atoms with E-state index in [1.807, 2.05) is 36.4 Å². The summed E-state index contributed by atoms with van der Waals surface area (Å²) in [6, 6.07) is 24.5. The normalized spacial score (nSPS) is 13.0. The molecule has 3 aromatic carbocycles. The van der Waals surface area contributed by atoms with E-state index in [0.29, 0.717) is 18.7 Å². The van der Waals surface area contributed by atoms with Crippen molar-refractivity contribution in [3.8, 4) is 0 Å². The first-order chi connectivity index (χ1) is 15.1. The molecule has 31 heavy (non-hydrogen) atoms. The molecule has 0 atom stereocenters. The zero-order valence-electron chi connectivity index (χ0n) is 17.8. The minimum absolute atomic E-state index is 0.000341. The van der Waals surface area contributed by atoms with E-state index < -0.39 is 0 Å². The van der Waals surface area contributed by atoms with E-state index in [1.54, 1.807) is 0 Å². The summed E-state index contributed by atoms with van der Waals surface area (Å²) in [5.74, 6) is 0.327. The maximum Gasteiger partial charge on any atom is 0.230 e. The van der Waals surface area contributed by atoms with E-state index in [1.165, 1.54) is 22.9 Å². The van der Waals surface area contributed by atoms with Gasteiger partial charge in [-0.25, -0.2) is 4.99 Å². The van der Waals surface area contributed by atoms with Crippen molar-refractivity contribution in [1.29, 1.82) is 0 Å². The fourth-order valence-electron chi connectivity index (χ4n) is 3.26. The summed E-state index contributed by atoms with van der Waals surface area (Å²) in [5.41, 5.74) is 7.27. The van der Waals surface area contributed by atoms with Gasteiger partial charge in [-0.05, 0) is 37.1 Å². The van der Waals surface area contributed by atoms with Crippen molar-refractivity contribution in [1.82, 2.24) is 5.32 Å². The van der Waals surface area contributed by atoms with Crippen LogP contribution in [0.1, 0.15) is 28.7 Å². The molecule has 1 aliphatic rings. The van der Waals surface area contributed by atoms with Gasteiger partial charge in [-0.3, -0.25) is 9.79 Å². The third-order valence-corrected chi connectivity index (χ3v) is 6.04. The number of nitrogens with zero attached hydrogens (tertiary/aromatic N) is 2. The lowest BCUT2D eigenvalue weighted by Gasteiger charge is -2.09. The zero-order chi connectivity index (χ0) is 21.6. The highest BCUT2D eigenvalue weighted by atomic mass is 32.2. The van der Waals surface area contributed by atoms with Crippen LogP contribution in [-0.2, 0) is 11.3 Å². The van der Waals surface area contributed by atoms with Crippen LogP contribution in [0.15, 0.2) is 82.8 Å². The number of aliphatic imine (C=N–C) groups is 2. The Hall–Kier alpha value is -3.18. The van der Waals surface area contributed by atoms with Crippen LogP contribution in [-0.4, -0.2) is 22.4 Å². The quantitative estimate of drug-likeness (QED) is 0.550. The minimum Gasteiger partial charge on any atom is -0.351 e. The number of hydrogen-bond donors (Lipinski definition) is 1. The van der Waals surface area contributed by atoms with E-state index >= 15 is 0 Å². The summed E-state index contributed by atoms with van der Waals surface area (Å²) in [6.07, 6.45) is 0.605. The highest BCUT2D eigenvalue weighted by Gasteiger charge is 2.16.